The van der Waals surface area contributed by atoms with Gasteiger partial charge in [-0.3, -0.25) is 0 Å². The number of hydrogen-bond acceptors (Lipinski definition) is 0. The molecule has 0 atom stereocenters. The lowest BCUT2D eigenvalue weighted by molar-refractivity contribution is 0.585. The molecular weight excluding hydrogens is 266 g/mol. The van der Waals surface area contributed by atoms with Gasteiger partial charge in [0.1, 0.15) is 11.6 Å². The van der Waals surface area contributed by atoms with E-state index in [1.165, 1.54) is 30.5 Å². The fraction of sp³-hybridized carbons (Fsp3) is 0.263. The second-order valence-corrected chi connectivity index (χ2v) is 5.21. The third-order valence-corrected chi connectivity index (χ3v) is 3.57. The molecule has 2 aromatic rings. The predicted octanol–water partition coefficient (Wildman–Crippen LogP) is 5.92. The molecule has 0 amide bonds. The topological polar surface area (TPSA) is 0 Å². The van der Waals surface area contributed by atoms with Gasteiger partial charge in [0.2, 0.25) is 0 Å². The first-order chi connectivity index (χ1) is 10.2. The average molecular weight is 286 g/mol. The summed E-state index contributed by atoms with van der Waals surface area (Å²) in [5, 5.41) is 0. The van der Waals surface area contributed by atoms with Crippen molar-refractivity contribution < 1.29 is 8.78 Å². The normalized spacial score (nSPS) is 10.6. The van der Waals surface area contributed by atoms with Crippen molar-refractivity contribution in [3.05, 3.63) is 72.3 Å². The van der Waals surface area contributed by atoms with Crippen molar-refractivity contribution in [2.45, 2.75) is 32.1 Å². The van der Waals surface area contributed by atoms with E-state index in [0.717, 1.165) is 30.9 Å². The number of allylic oxidation sites excluding steroid dienone is 1. The Bertz CT molecular complexity index is 585. The highest BCUT2D eigenvalue weighted by molar-refractivity contribution is 5.64. The maximum atomic E-state index is 13.7. The molecular formula is C19H20F2. The van der Waals surface area contributed by atoms with E-state index in [9.17, 15) is 8.78 Å². The smallest absolute Gasteiger partial charge is 0.133 e. The van der Waals surface area contributed by atoms with Crippen LogP contribution >= 0.6 is 0 Å². The number of unbranched alkanes of at least 4 members (excludes halogenated alkanes) is 3. The SMILES string of the molecule is C=CCCCCCc1ccc(-c2ccc(F)cc2F)cc1. The number of hydrogen-bond donors (Lipinski definition) is 0. The molecule has 0 N–H and O–H groups in total. The third kappa shape index (κ3) is 4.52. The van der Waals surface area contributed by atoms with Gasteiger partial charge in [-0.15, -0.1) is 6.58 Å². The number of benzene rings is 2. The average Bonchev–Trinajstić information content (AvgIpc) is 2.48. The lowest BCUT2D eigenvalue weighted by Crippen LogP contribution is -1.89. The highest BCUT2D eigenvalue weighted by Crippen LogP contribution is 2.24. The van der Waals surface area contributed by atoms with E-state index >= 15 is 0 Å². The zero-order valence-electron chi connectivity index (χ0n) is 12.1. The van der Waals surface area contributed by atoms with Gasteiger partial charge in [0.25, 0.3) is 0 Å². The van der Waals surface area contributed by atoms with Crippen molar-refractivity contribution >= 4 is 0 Å². The lowest BCUT2D eigenvalue weighted by Gasteiger charge is -2.06. The molecule has 0 saturated heterocycles. The van der Waals surface area contributed by atoms with E-state index in [2.05, 4.69) is 6.58 Å². The molecule has 0 bridgehead atoms. The summed E-state index contributed by atoms with van der Waals surface area (Å²) in [5.41, 5.74) is 2.47. The van der Waals surface area contributed by atoms with Gasteiger partial charge in [0, 0.05) is 11.6 Å². The predicted molar refractivity (Wildman–Crippen MR) is 84.2 cm³/mol. The maximum Gasteiger partial charge on any atom is 0.133 e. The second-order valence-electron chi connectivity index (χ2n) is 5.21. The summed E-state index contributed by atoms with van der Waals surface area (Å²) in [5.74, 6) is -1.07. The van der Waals surface area contributed by atoms with Crippen LogP contribution in [0.3, 0.4) is 0 Å². The highest BCUT2D eigenvalue weighted by Gasteiger charge is 2.06. The first kappa shape index (κ1) is 15.4. The van der Waals surface area contributed by atoms with Crippen LogP contribution in [-0.2, 0) is 6.42 Å². The zero-order valence-corrected chi connectivity index (χ0v) is 12.1. The second kappa shape index (κ2) is 7.72. The molecule has 2 rings (SSSR count). The van der Waals surface area contributed by atoms with Crippen molar-refractivity contribution in [2.75, 3.05) is 0 Å². The van der Waals surface area contributed by atoms with Gasteiger partial charge in [-0.25, -0.2) is 8.78 Å². The first-order valence-electron chi connectivity index (χ1n) is 7.36. The Balaban J connectivity index is 1.97. The molecule has 0 aromatic heterocycles. The Labute approximate surface area is 125 Å². The highest BCUT2D eigenvalue weighted by atomic mass is 19.1. The molecule has 0 saturated carbocycles. The van der Waals surface area contributed by atoms with Gasteiger partial charge in [-0.2, -0.15) is 0 Å². The van der Waals surface area contributed by atoms with Crippen LogP contribution in [-0.4, -0.2) is 0 Å². The molecule has 0 radical (unpaired) electrons. The monoisotopic (exact) mass is 286 g/mol. The van der Waals surface area contributed by atoms with Crippen molar-refractivity contribution in [1.82, 2.24) is 0 Å². The summed E-state index contributed by atoms with van der Waals surface area (Å²) >= 11 is 0. The fourth-order valence-corrected chi connectivity index (χ4v) is 2.37. The molecule has 0 aliphatic heterocycles. The van der Waals surface area contributed by atoms with E-state index in [1.807, 2.05) is 30.3 Å². The summed E-state index contributed by atoms with van der Waals surface area (Å²) in [7, 11) is 0. The van der Waals surface area contributed by atoms with E-state index in [1.54, 1.807) is 0 Å². The van der Waals surface area contributed by atoms with Crippen molar-refractivity contribution in [3.63, 3.8) is 0 Å². The van der Waals surface area contributed by atoms with E-state index < -0.39 is 11.6 Å². The molecule has 0 aliphatic carbocycles. The van der Waals surface area contributed by atoms with E-state index in [-0.39, 0.29) is 0 Å². The van der Waals surface area contributed by atoms with E-state index in [0.29, 0.717) is 5.56 Å². The van der Waals surface area contributed by atoms with Crippen LogP contribution in [0.1, 0.15) is 31.2 Å². The molecule has 0 fully saturated rings. The molecule has 0 unspecified atom stereocenters. The van der Waals surface area contributed by atoms with Crippen LogP contribution < -0.4 is 0 Å². The zero-order chi connectivity index (χ0) is 15.1. The summed E-state index contributed by atoms with van der Waals surface area (Å²) in [4.78, 5) is 0. The maximum absolute atomic E-state index is 13.7. The summed E-state index contributed by atoms with van der Waals surface area (Å²) in [6, 6.07) is 11.5. The number of aryl methyl sites for hydroxylation is 1. The molecule has 0 heterocycles. The summed E-state index contributed by atoms with van der Waals surface area (Å²) in [6.07, 6.45) is 7.58. The molecule has 0 nitrogen and oxygen atoms in total. The minimum atomic E-state index is -0.549. The van der Waals surface area contributed by atoms with Gasteiger partial charge < -0.3 is 0 Å². The Morgan fingerprint density at radius 3 is 2.33 bits per heavy atom. The third-order valence-electron chi connectivity index (χ3n) is 3.57. The Hall–Kier alpha value is -1.96. The van der Waals surface area contributed by atoms with Gasteiger partial charge in [-0.1, -0.05) is 36.8 Å². The van der Waals surface area contributed by atoms with Crippen LogP contribution in [0.2, 0.25) is 0 Å². The lowest BCUT2D eigenvalue weighted by atomic mass is 10.0. The van der Waals surface area contributed by atoms with Crippen molar-refractivity contribution in [2.24, 2.45) is 0 Å². The molecule has 2 aromatic carbocycles. The molecule has 110 valence electrons. The Morgan fingerprint density at radius 2 is 1.67 bits per heavy atom. The Kier molecular flexibility index (Phi) is 5.68. The molecule has 2 heteroatoms. The standard InChI is InChI=1S/C19H20F2/c1-2-3-4-5-6-7-15-8-10-16(11-9-15)18-13-12-17(20)14-19(18)21/h2,8-14H,1,3-7H2. The van der Waals surface area contributed by atoms with Gasteiger partial charge >= 0.3 is 0 Å². The minimum Gasteiger partial charge on any atom is -0.207 e. The number of halogens is 2. The van der Waals surface area contributed by atoms with Crippen molar-refractivity contribution in [3.8, 4) is 11.1 Å². The van der Waals surface area contributed by atoms with Gasteiger partial charge in [-0.05, 0) is 48.9 Å². The van der Waals surface area contributed by atoms with Crippen LogP contribution in [0.25, 0.3) is 11.1 Å². The fourth-order valence-electron chi connectivity index (χ4n) is 2.37. The minimum absolute atomic E-state index is 0.439. The van der Waals surface area contributed by atoms with Crippen LogP contribution in [0.4, 0.5) is 8.78 Å². The Morgan fingerprint density at radius 1 is 0.905 bits per heavy atom. The molecule has 0 aliphatic rings. The van der Waals surface area contributed by atoms with Crippen LogP contribution in [0, 0.1) is 11.6 Å². The van der Waals surface area contributed by atoms with Gasteiger partial charge in [0.15, 0.2) is 0 Å². The molecule has 21 heavy (non-hydrogen) atoms. The first-order valence-corrected chi connectivity index (χ1v) is 7.36. The largest absolute Gasteiger partial charge is 0.207 e. The molecule has 0 spiro atoms. The van der Waals surface area contributed by atoms with Gasteiger partial charge in [0.05, 0.1) is 0 Å². The van der Waals surface area contributed by atoms with Crippen LogP contribution in [0.5, 0.6) is 0 Å². The summed E-state index contributed by atoms with van der Waals surface area (Å²) < 4.78 is 26.6. The van der Waals surface area contributed by atoms with E-state index in [4.69, 9.17) is 0 Å². The number of rotatable bonds is 7. The van der Waals surface area contributed by atoms with Crippen LogP contribution in [0.15, 0.2) is 55.1 Å². The summed E-state index contributed by atoms with van der Waals surface area (Å²) in [6.45, 7) is 3.71. The quantitative estimate of drug-likeness (QED) is 0.437. The van der Waals surface area contributed by atoms with Crippen molar-refractivity contribution in [1.29, 1.82) is 0 Å².